The van der Waals surface area contributed by atoms with Gasteiger partial charge in [-0.05, 0) is 10.4 Å². The second kappa shape index (κ2) is 4.56. The molecule has 3 N–H and O–H groups in total. The zero-order chi connectivity index (χ0) is 11.5. The summed E-state index contributed by atoms with van der Waals surface area (Å²) in [6.07, 6.45) is -1.60. The highest BCUT2D eigenvalue weighted by Crippen LogP contribution is 2.38. The van der Waals surface area contributed by atoms with E-state index in [9.17, 15) is 9.36 Å². The fraction of sp³-hybridized carbons (Fsp3) is 0.800. The van der Waals surface area contributed by atoms with Crippen LogP contribution in [0.3, 0.4) is 0 Å². The lowest BCUT2D eigenvalue weighted by atomic mass is 10.1. The Morgan fingerprint density at radius 1 is 1.33 bits per heavy atom. The minimum Gasteiger partial charge on any atom is -0.481 e. The summed E-state index contributed by atoms with van der Waals surface area (Å²) in [6, 6.07) is 0. The molecule has 10 heteroatoms. The molecule has 0 saturated heterocycles. The van der Waals surface area contributed by atoms with Crippen LogP contribution < -0.4 is 0 Å². The molecule has 1 heterocycles. The van der Waals surface area contributed by atoms with E-state index < -0.39 is 31.8 Å². The number of hydrogen-bond acceptors (Lipinski definition) is 6. The van der Waals surface area contributed by atoms with Crippen molar-refractivity contribution in [3.05, 3.63) is 0 Å². The minimum atomic E-state index is -4.36. The molecule has 1 rings (SSSR count). The Labute approximate surface area is 84.1 Å². The van der Waals surface area contributed by atoms with Gasteiger partial charge in [0, 0.05) is 6.42 Å². The predicted molar refractivity (Wildman–Crippen MR) is 46.2 cm³/mol. The Morgan fingerprint density at radius 3 is 2.27 bits per heavy atom. The molecule has 0 aliphatic carbocycles. The van der Waals surface area contributed by atoms with Crippen molar-refractivity contribution in [1.29, 1.82) is 0 Å². The molecule has 84 valence electrons. The molecular formula is C5H9N4O5P. The molecule has 0 spiro atoms. The smallest absolute Gasteiger partial charge is 0.326 e. The summed E-state index contributed by atoms with van der Waals surface area (Å²) in [5.41, 5.74) is 0. The first-order valence-corrected chi connectivity index (χ1v) is 5.75. The van der Waals surface area contributed by atoms with Crippen LogP contribution in [-0.4, -0.2) is 33.2 Å². The first-order valence-electron chi connectivity index (χ1n) is 3.96. The number of aliphatic carboxylic acids is 1. The molecule has 0 radical (unpaired) electrons. The highest BCUT2D eigenvalue weighted by atomic mass is 31.2. The summed E-state index contributed by atoms with van der Waals surface area (Å²) in [5, 5.41) is 22.0. The van der Waals surface area contributed by atoms with Gasteiger partial charge in [-0.25, -0.2) is 0 Å². The predicted octanol–water partition coefficient (Wildman–Crippen LogP) is 0.414. The number of carboxylic acid groups (broad SMARTS) is 1. The fourth-order valence-electron chi connectivity index (χ4n) is 1.08. The molecular weight excluding hydrogens is 227 g/mol. The average Bonchev–Trinajstić information content (AvgIpc) is 2.52. The van der Waals surface area contributed by atoms with Crippen molar-refractivity contribution in [3.63, 3.8) is 0 Å². The Kier molecular flexibility index (Phi) is 3.61. The summed E-state index contributed by atoms with van der Waals surface area (Å²) in [6.45, 7) is 0. The summed E-state index contributed by atoms with van der Waals surface area (Å²) in [5.74, 6) is -2.50. The standard InChI is InChI=1S/C5H9N4O5P/c10-5(11)3(2-15(12,13)14)1-4-6-8-9-7-4/h3-4H,1-2H2,(H,10,11)(H2,12,13,14). The number of carbonyl (C=O) groups is 1. The fourth-order valence-corrected chi connectivity index (χ4v) is 1.96. The van der Waals surface area contributed by atoms with Crippen molar-refractivity contribution in [3.8, 4) is 0 Å². The van der Waals surface area contributed by atoms with Gasteiger partial charge in [0.05, 0.1) is 12.1 Å². The summed E-state index contributed by atoms with van der Waals surface area (Å²) in [7, 11) is -4.36. The Bertz CT molecular complexity index is 337. The van der Waals surface area contributed by atoms with E-state index in [0.29, 0.717) is 0 Å². The first kappa shape index (κ1) is 11.9. The zero-order valence-electron chi connectivity index (χ0n) is 7.46. The van der Waals surface area contributed by atoms with E-state index in [1.165, 1.54) is 0 Å². The molecule has 0 amide bonds. The van der Waals surface area contributed by atoms with E-state index >= 15 is 0 Å². The van der Waals surface area contributed by atoms with Gasteiger partial charge in [-0.3, -0.25) is 9.36 Å². The third kappa shape index (κ3) is 4.24. The van der Waals surface area contributed by atoms with Crippen molar-refractivity contribution in [2.75, 3.05) is 6.16 Å². The van der Waals surface area contributed by atoms with Crippen molar-refractivity contribution in [2.24, 2.45) is 26.6 Å². The molecule has 1 atom stereocenters. The number of carboxylic acids is 1. The van der Waals surface area contributed by atoms with Gasteiger partial charge in [-0.2, -0.15) is 0 Å². The van der Waals surface area contributed by atoms with Crippen LogP contribution in [0.4, 0.5) is 0 Å². The van der Waals surface area contributed by atoms with Gasteiger partial charge in [-0.1, -0.05) is 0 Å². The third-order valence-electron chi connectivity index (χ3n) is 1.71. The molecule has 0 aromatic rings. The molecule has 0 bridgehead atoms. The largest absolute Gasteiger partial charge is 0.481 e. The lowest BCUT2D eigenvalue weighted by Gasteiger charge is -2.12. The van der Waals surface area contributed by atoms with Crippen LogP contribution in [0.5, 0.6) is 0 Å². The van der Waals surface area contributed by atoms with E-state index in [-0.39, 0.29) is 6.42 Å². The van der Waals surface area contributed by atoms with Gasteiger partial charge >= 0.3 is 13.6 Å². The Balaban J connectivity index is 2.58. The van der Waals surface area contributed by atoms with E-state index in [2.05, 4.69) is 20.7 Å². The lowest BCUT2D eigenvalue weighted by Crippen LogP contribution is -2.21. The Hall–Kier alpha value is -1.18. The highest BCUT2D eigenvalue weighted by Gasteiger charge is 2.30. The topological polar surface area (TPSA) is 144 Å². The van der Waals surface area contributed by atoms with E-state index in [0.717, 1.165) is 0 Å². The number of hydrogen-bond donors (Lipinski definition) is 3. The average molecular weight is 236 g/mol. The molecule has 0 saturated carbocycles. The molecule has 0 fully saturated rings. The van der Waals surface area contributed by atoms with E-state index in [4.69, 9.17) is 14.9 Å². The van der Waals surface area contributed by atoms with Crippen LogP contribution in [0.25, 0.3) is 0 Å². The quantitative estimate of drug-likeness (QED) is 0.592. The van der Waals surface area contributed by atoms with Crippen molar-refractivity contribution in [2.45, 2.75) is 12.6 Å². The first-order chi connectivity index (χ1) is 6.88. The molecule has 15 heavy (non-hydrogen) atoms. The Morgan fingerprint density at radius 2 is 1.87 bits per heavy atom. The summed E-state index contributed by atoms with van der Waals surface area (Å²) >= 11 is 0. The van der Waals surface area contributed by atoms with Gasteiger partial charge in [0.25, 0.3) is 0 Å². The third-order valence-corrected chi connectivity index (χ3v) is 2.63. The SMILES string of the molecule is O=C(O)C(CC1N=NN=N1)CP(=O)(O)O. The van der Waals surface area contributed by atoms with Gasteiger partial charge in [0.2, 0.25) is 0 Å². The van der Waals surface area contributed by atoms with Gasteiger partial charge < -0.3 is 14.9 Å². The second-order valence-electron chi connectivity index (χ2n) is 3.01. The van der Waals surface area contributed by atoms with Crippen LogP contribution in [0.2, 0.25) is 0 Å². The van der Waals surface area contributed by atoms with E-state index in [1.54, 1.807) is 0 Å². The van der Waals surface area contributed by atoms with Gasteiger partial charge in [0.1, 0.15) is 0 Å². The lowest BCUT2D eigenvalue weighted by molar-refractivity contribution is -0.141. The van der Waals surface area contributed by atoms with Gasteiger partial charge in [-0.15, -0.1) is 10.2 Å². The van der Waals surface area contributed by atoms with Crippen LogP contribution in [-0.2, 0) is 9.36 Å². The maximum atomic E-state index is 10.7. The van der Waals surface area contributed by atoms with Crippen LogP contribution in [0, 0.1) is 5.92 Å². The molecule has 0 aromatic carbocycles. The molecule has 9 nitrogen and oxygen atoms in total. The van der Waals surface area contributed by atoms with Gasteiger partial charge in [0.15, 0.2) is 6.17 Å². The molecule has 1 aliphatic heterocycles. The minimum absolute atomic E-state index is 0.118. The van der Waals surface area contributed by atoms with Crippen molar-refractivity contribution >= 4 is 13.6 Å². The zero-order valence-corrected chi connectivity index (χ0v) is 8.36. The number of rotatable bonds is 5. The monoisotopic (exact) mass is 236 g/mol. The van der Waals surface area contributed by atoms with Crippen LogP contribution >= 0.6 is 7.60 Å². The normalized spacial score (nSPS) is 18.3. The summed E-state index contributed by atoms with van der Waals surface area (Å²) in [4.78, 5) is 28.0. The molecule has 0 aromatic heterocycles. The molecule has 1 aliphatic rings. The van der Waals surface area contributed by atoms with Crippen LogP contribution in [0.1, 0.15) is 6.42 Å². The summed E-state index contributed by atoms with van der Waals surface area (Å²) < 4.78 is 10.6. The van der Waals surface area contributed by atoms with Crippen LogP contribution in [0.15, 0.2) is 20.7 Å². The van der Waals surface area contributed by atoms with Crippen molar-refractivity contribution in [1.82, 2.24) is 0 Å². The maximum Gasteiger partial charge on any atom is 0.326 e. The second-order valence-corrected chi connectivity index (χ2v) is 4.70. The van der Waals surface area contributed by atoms with Crippen molar-refractivity contribution < 1.29 is 24.3 Å². The molecule has 1 unspecified atom stereocenters. The number of nitrogens with zero attached hydrogens (tertiary/aromatic N) is 4. The highest BCUT2D eigenvalue weighted by molar-refractivity contribution is 7.51. The van der Waals surface area contributed by atoms with E-state index in [1.807, 2.05) is 0 Å². The maximum absolute atomic E-state index is 10.7.